The first kappa shape index (κ1) is 60.3. The molecule has 0 bridgehead atoms. The molecule has 0 aliphatic rings. The molecule has 0 saturated carbocycles. The van der Waals surface area contributed by atoms with Crippen molar-refractivity contribution in [1.82, 2.24) is 0 Å². The largest absolute Gasteiger partial charge is 0.462 e. The van der Waals surface area contributed by atoms with Crippen LogP contribution in [0.15, 0.2) is 122 Å². The van der Waals surface area contributed by atoms with Crippen molar-refractivity contribution in [3.8, 4) is 0 Å². The minimum atomic E-state index is -0.574. The first-order chi connectivity index (χ1) is 31.6. The van der Waals surface area contributed by atoms with E-state index >= 15 is 0 Å². The lowest BCUT2D eigenvalue weighted by Crippen LogP contribution is -2.30. The smallest absolute Gasteiger partial charge is 0.306 e. The molecule has 0 heterocycles. The molecule has 0 aromatic heterocycles. The molecule has 0 N–H and O–H groups in total. The normalized spacial score (nSPS) is 13.2. The van der Waals surface area contributed by atoms with E-state index < -0.39 is 6.10 Å². The third-order valence-corrected chi connectivity index (χ3v) is 10.5. The van der Waals surface area contributed by atoms with E-state index in [1.165, 1.54) is 44.9 Å². The van der Waals surface area contributed by atoms with E-state index in [9.17, 15) is 9.59 Å². The third kappa shape index (κ3) is 50.9. The Morgan fingerprint density at radius 2 is 0.656 bits per heavy atom. The van der Waals surface area contributed by atoms with E-state index in [0.29, 0.717) is 19.4 Å². The average Bonchev–Trinajstić information content (AvgIpc) is 3.30. The van der Waals surface area contributed by atoms with Crippen LogP contribution in [0.3, 0.4) is 0 Å². The highest BCUT2D eigenvalue weighted by atomic mass is 16.6. The van der Waals surface area contributed by atoms with E-state index in [1.807, 2.05) is 0 Å². The van der Waals surface area contributed by atoms with Gasteiger partial charge < -0.3 is 14.2 Å². The van der Waals surface area contributed by atoms with Gasteiger partial charge in [-0.05, 0) is 122 Å². The fourth-order valence-corrected chi connectivity index (χ4v) is 6.70. The molecule has 0 saturated heterocycles. The van der Waals surface area contributed by atoms with Gasteiger partial charge in [0, 0.05) is 19.4 Å². The van der Waals surface area contributed by atoms with Crippen LogP contribution in [0.5, 0.6) is 0 Å². The standard InChI is InChI=1S/C59H96O5/c1-4-7-10-13-16-19-22-25-27-29-31-33-36-39-42-45-48-51-54-62-55-57(64-59(61)53-50-47-44-41-38-34-24-21-18-15-12-9-6-3)56-63-58(60)52-49-46-43-40-37-35-32-30-28-26-23-20-17-14-11-8-5-2/h7-12,16-21,25-28,32,34-35,38,57H,4-6,13-15,22-24,29-31,33,36-37,39-56H2,1-3H3/b10-7-,11-8-,12-9-,19-16-,20-17-,21-18-,27-25-,28-26-,35-32-,38-34-. The zero-order chi connectivity index (χ0) is 46.3. The molecule has 1 unspecified atom stereocenters. The van der Waals surface area contributed by atoms with Gasteiger partial charge in [0.25, 0.3) is 0 Å². The molecular weight excluding hydrogens is 789 g/mol. The Labute approximate surface area is 395 Å². The summed E-state index contributed by atoms with van der Waals surface area (Å²) in [5.74, 6) is -0.470. The maximum absolute atomic E-state index is 12.8. The number of ether oxygens (including phenoxy) is 3. The van der Waals surface area contributed by atoms with Crippen LogP contribution in [0.25, 0.3) is 0 Å². The number of hydrogen-bond acceptors (Lipinski definition) is 5. The molecular formula is C59H96O5. The summed E-state index contributed by atoms with van der Waals surface area (Å²) in [7, 11) is 0. The van der Waals surface area contributed by atoms with Crippen LogP contribution < -0.4 is 0 Å². The van der Waals surface area contributed by atoms with Gasteiger partial charge in [0.2, 0.25) is 0 Å². The number of esters is 2. The monoisotopic (exact) mass is 885 g/mol. The first-order valence-electron chi connectivity index (χ1n) is 26.1. The zero-order valence-corrected chi connectivity index (χ0v) is 41.5. The Morgan fingerprint density at radius 1 is 0.344 bits per heavy atom. The molecule has 0 fully saturated rings. The van der Waals surface area contributed by atoms with Crippen molar-refractivity contribution >= 4 is 11.9 Å². The molecule has 0 amide bonds. The van der Waals surface area contributed by atoms with Crippen molar-refractivity contribution in [2.75, 3.05) is 19.8 Å². The Morgan fingerprint density at radius 3 is 1.06 bits per heavy atom. The van der Waals surface area contributed by atoms with E-state index in [0.717, 1.165) is 135 Å². The minimum Gasteiger partial charge on any atom is -0.462 e. The minimum absolute atomic E-state index is 0.0499. The summed E-state index contributed by atoms with van der Waals surface area (Å²) >= 11 is 0. The van der Waals surface area contributed by atoms with Crippen LogP contribution in [-0.2, 0) is 23.8 Å². The van der Waals surface area contributed by atoms with Gasteiger partial charge in [-0.1, -0.05) is 200 Å². The van der Waals surface area contributed by atoms with Gasteiger partial charge in [0.05, 0.1) is 6.61 Å². The average molecular weight is 885 g/mol. The molecule has 0 aromatic carbocycles. The summed E-state index contributed by atoms with van der Waals surface area (Å²) in [6.45, 7) is 7.40. The number of rotatable bonds is 46. The summed E-state index contributed by atoms with van der Waals surface area (Å²) in [5, 5.41) is 0. The second-order valence-electron chi connectivity index (χ2n) is 16.6. The Hall–Kier alpha value is -3.70. The molecule has 0 aliphatic carbocycles. The second kappa shape index (κ2) is 53.6. The quantitative estimate of drug-likeness (QED) is 0.0346. The van der Waals surface area contributed by atoms with Gasteiger partial charge >= 0.3 is 11.9 Å². The van der Waals surface area contributed by atoms with Gasteiger partial charge in [-0.2, -0.15) is 0 Å². The molecule has 64 heavy (non-hydrogen) atoms. The Balaban J connectivity index is 4.37. The second-order valence-corrected chi connectivity index (χ2v) is 16.6. The molecule has 0 rings (SSSR count). The molecule has 362 valence electrons. The van der Waals surface area contributed by atoms with Crippen molar-refractivity contribution in [2.24, 2.45) is 0 Å². The summed E-state index contributed by atoms with van der Waals surface area (Å²) in [5.41, 5.74) is 0. The highest BCUT2D eigenvalue weighted by Gasteiger charge is 2.17. The van der Waals surface area contributed by atoms with E-state index in [2.05, 4.69) is 142 Å². The lowest BCUT2D eigenvalue weighted by Gasteiger charge is -2.18. The van der Waals surface area contributed by atoms with Crippen molar-refractivity contribution < 1.29 is 23.8 Å². The maximum atomic E-state index is 12.8. The Bertz CT molecular complexity index is 1320. The Kier molecular flexibility index (Phi) is 50.5. The van der Waals surface area contributed by atoms with E-state index in [4.69, 9.17) is 14.2 Å². The van der Waals surface area contributed by atoms with Crippen LogP contribution in [0.4, 0.5) is 0 Å². The number of allylic oxidation sites excluding steroid dienone is 20. The van der Waals surface area contributed by atoms with Gasteiger partial charge in [-0.3, -0.25) is 9.59 Å². The zero-order valence-electron chi connectivity index (χ0n) is 41.5. The number of unbranched alkanes of at least 4 members (excludes halogenated alkanes) is 15. The maximum Gasteiger partial charge on any atom is 0.306 e. The highest BCUT2D eigenvalue weighted by molar-refractivity contribution is 5.70. The van der Waals surface area contributed by atoms with E-state index in [-0.39, 0.29) is 25.2 Å². The lowest BCUT2D eigenvalue weighted by molar-refractivity contribution is -0.163. The van der Waals surface area contributed by atoms with Gasteiger partial charge in [-0.15, -0.1) is 0 Å². The van der Waals surface area contributed by atoms with Crippen molar-refractivity contribution in [1.29, 1.82) is 0 Å². The molecule has 0 spiro atoms. The summed E-state index contributed by atoms with van der Waals surface area (Å²) in [6, 6.07) is 0. The van der Waals surface area contributed by atoms with Gasteiger partial charge in [-0.25, -0.2) is 0 Å². The SMILES string of the molecule is CC/C=C\C/C=C\C/C=C\C/C=C\CCCCCCC(=O)OCC(COCCCCCCCCCC/C=C\C/C=C\C/C=C\CC)OC(=O)CCCCC/C=C\C/C=C\C/C=C\CC. The van der Waals surface area contributed by atoms with E-state index in [1.54, 1.807) is 0 Å². The molecule has 0 aromatic rings. The predicted molar refractivity (Wildman–Crippen MR) is 279 cm³/mol. The molecule has 5 nitrogen and oxygen atoms in total. The molecule has 0 aliphatic heterocycles. The van der Waals surface area contributed by atoms with Gasteiger partial charge in [0.1, 0.15) is 6.61 Å². The molecule has 1 atom stereocenters. The topological polar surface area (TPSA) is 61.8 Å². The van der Waals surface area contributed by atoms with Crippen LogP contribution in [0, 0.1) is 0 Å². The van der Waals surface area contributed by atoms with Crippen LogP contribution in [0.1, 0.15) is 213 Å². The van der Waals surface area contributed by atoms with Crippen LogP contribution >= 0.6 is 0 Å². The van der Waals surface area contributed by atoms with Crippen molar-refractivity contribution in [2.45, 2.75) is 219 Å². The molecule has 0 radical (unpaired) electrons. The summed E-state index contributed by atoms with van der Waals surface area (Å²) < 4.78 is 17.4. The lowest BCUT2D eigenvalue weighted by atomic mass is 10.1. The highest BCUT2D eigenvalue weighted by Crippen LogP contribution is 2.12. The molecule has 5 heteroatoms. The van der Waals surface area contributed by atoms with Crippen LogP contribution in [0.2, 0.25) is 0 Å². The summed E-state index contributed by atoms with van der Waals surface area (Å²) in [4.78, 5) is 25.4. The van der Waals surface area contributed by atoms with Gasteiger partial charge in [0.15, 0.2) is 6.10 Å². The third-order valence-electron chi connectivity index (χ3n) is 10.5. The van der Waals surface area contributed by atoms with Crippen molar-refractivity contribution in [3.63, 3.8) is 0 Å². The predicted octanol–water partition coefficient (Wildman–Crippen LogP) is 17.8. The first-order valence-corrected chi connectivity index (χ1v) is 26.1. The van der Waals surface area contributed by atoms with Crippen LogP contribution in [-0.4, -0.2) is 37.9 Å². The number of carbonyl (C=O) groups excluding carboxylic acids is 2. The number of hydrogen-bond donors (Lipinski definition) is 0. The fraction of sp³-hybridized carbons (Fsp3) is 0.627. The summed E-state index contributed by atoms with van der Waals surface area (Å²) in [6.07, 6.45) is 75.0. The number of carbonyl (C=O) groups is 2. The van der Waals surface area contributed by atoms with Crippen molar-refractivity contribution in [3.05, 3.63) is 122 Å². The fourth-order valence-electron chi connectivity index (χ4n) is 6.70.